The van der Waals surface area contributed by atoms with E-state index in [1.54, 1.807) is 16.9 Å². The average molecular weight is 314 g/mol. The molecule has 0 aliphatic carbocycles. The summed E-state index contributed by atoms with van der Waals surface area (Å²) in [5.41, 5.74) is 2.37. The summed E-state index contributed by atoms with van der Waals surface area (Å²) in [7, 11) is 0. The first-order chi connectivity index (χ1) is 11.1. The van der Waals surface area contributed by atoms with Crippen LogP contribution in [0.4, 0.5) is 10.5 Å². The van der Waals surface area contributed by atoms with E-state index in [-0.39, 0.29) is 12.6 Å². The Morgan fingerprint density at radius 2 is 2.09 bits per heavy atom. The van der Waals surface area contributed by atoms with E-state index >= 15 is 0 Å². The molecule has 1 aromatic heterocycles. The summed E-state index contributed by atoms with van der Waals surface area (Å²) in [5, 5.41) is 16.2. The van der Waals surface area contributed by atoms with E-state index in [1.165, 1.54) is 4.90 Å². The van der Waals surface area contributed by atoms with Crippen molar-refractivity contribution in [1.82, 2.24) is 14.7 Å². The van der Waals surface area contributed by atoms with Gasteiger partial charge in [-0.05, 0) is 31.5 Å². The third-order valence-corrected chi connectivity index (χ3v) is 4.03. The number of benzene rings is 1. The Morgan fingerprint density at radius 1 is 1.30 bits per heavy atom. The van der Waals surface area contributed by atoms with Crippen molar-refractivity contribution in [2.75, 3.05) is 18.4 Å². The fourth-order valence-electron chi connectivity index (χ4n) is 2.73. The number of likely N-dealkylation sites (tertiary alicyclic amines) is 1. The maximum absolute atomic E-state index is 12.4. The second-order valence-corrected chi connectivity index (χ2v) is 5.60. The number of hydrogen-bond acceptors (Lipinski definition) is 3. The molecule has 2 N–H and O–H groups in total. The van der Waals surface area contributed by atoms with Crippen molar-refractivity contribution in [1.29, 1.82) is 0 Å². The highest BCUT2D eigenvalue weighted by atomic mass is 16.4. The van der Waals surface area contributed by atoms with E-state index in [1.807, 2.05) is 31.2 Å². The van der Waals surface area contributed by atoms with Crippen molar-refractivity contribution in [3.8, 4) is 5.69 Å². The number of rotatable bonds is 3. The first kappa shape index (κ1) is 15.1. The van der Waals surface area contributed by atoms with E-state index in [0.717, 1.165) is 11.4 Å². The van der Waals surface area contributed by atoms with Gasteiger partial charge >= 0.3 is 12.0 Å². The summed E-state index contributed by atoms with van der Waals surface area (Å²) in [6.45, 7) is 2.62. The SMILES string of the molecule is Cc1ccnn1-c1ccccc1NC(=O)N1CCC(C(=O)O)C1. The minimum Gasteiger partial charge on any atom is -0.481 e. The van der Waals surface area contributed by atoms with Crippen LogP contribution in [-0.2, 0) is 4.79 Å². The van der Waals surface area contributed by atoms with Crippen LogP contribution >= 0.6 is 0 Å². The van der Waals surface area contributed by atoms with Gasteiger partial charge in [-0.2, -0.15) is 5.10 Å². The van der Waals surface area contributed by atoms with Crippen LogP contribution in [0.5, 0.6) is 0 Å². The Labute approximate surface area is 133 Å². The van der Waals surface area contributed by atoms with Crippen molar-refractivity contribution in [3.63, 3.8) is 0 Å². The number of carbonyl (C=O) groups is 2. The molecule has 1 aliphatic heterocycles. The first-order valence-corrected chi connectivity index (χ1v) is 7.45. The maximum Gasteiger partial charge on any atom is 0.321 e. The average Bonchev–Trinajstić information content (AvgIpc) is 3.17. The molecule has 1 fully saturated rings. The number of anilines is 1. The normalized spacial score (nSPS) is 17.3. The number of urea groups is 1. The van der Waals surface area contributed by atoms with Gasteiger partial charge in [0.25, 0.3) is 0 Å². The number of nitrogens with one attached hydrogen (secondary N) is 1. The summed E-state index contributed by atoms with van der Waals surface area (Å²) in [6, 6.07) is 8.99. The second kappa shape index (κ2) is 6.12. The van der Waals surface area contributed by atoms with Gasteiger partial charge in [0.2, 0.25) is 0 Å². The van der Waals surface area contributed by atoms with Crippen LogP contribution in [0.2, 0.25) is 0 Å². The molecule has 0 spiro atoms. The molecule has 0 saturated carbocycles. The smallest absolute Gasteiger partial charge is 0.321 e. The molecule has 7 heteroatoms. The summed E-state index contributed by atoms with van der Waals surface area (Å²) in [6.07, 6.45) is 2.19. The number of aromatic nitrogens is 2. The highest BCUT2D eigenvalue weighted by molar-refractivity contribution is 5.92. The molecular formula is C16H18N4O3. The van der Waals surface area contributed by atoms with E-state index in [9.17, 15) is 9.59 Å². The van der Waals surface area contributed by atoms with Crippen LogP contribution in [-0.4, -0.2) is 44.9 Å². The summed E-state index contributed by atoms with van der Waals surface area (Å²) >= 11 is 0. The summed E-state index contributed by atoms with van der Waals surface area (Å²) in [4.78, 5) is 24.9. The van der Waals surface area contributed by atoms with Gasteiger partial charge in [0.1, 0.15) is 0 Å². The Kier molecular flexibility index (Phi) is 4.01. The van der Waals surface area contributed by atoms with Crippen molar-refractivity contribution >= 4 is 17.7 Å². The van der Waals surface area contributed by atoms with Gasteiger partial charge in [-0.1, -0.05) is 12.1 Å². The molecular weight excluding hydrogens is 296 g/mol. The second-order valence-electron chi connectivity index (χ2n) is 5.60. The molecule has 120 valence electrons. The zero-order valence-electron chi connectivity index (χ0n) is 12.8. The first-order valence-electron chi connectivity index (χ1n) is 7.45. The zero-order chi connectivity index (χ0) is 16.4. The molecule has 2 amide bonds. The topological polar surface area (TPSA) is 87.5 Å². The Morgan fingerprint density at radius 3 is 2.74 bits per heavy atom. The lowest BCUT2D eigenvalue weighted by Crippen LogP contribution is -2.34. The molecule has 1 aliphatic rings. The van der Waals surface area contributed by atoms with Crippen molar-refractivity contribution in [2.45, 2.75) is 13.3 Å². The van der Waals surface area contributed by atoms with Crippen LogP contribution < -0.4 is 5.32 Å². The van der Waals surface area contributed by atoms with Gasteiger partial charge in [-0.3, -0.25) is 4.79 Å². The van der Waals surface area contributed by atoms with E-state index in [0.29, 0.717) is 18.7 Å². The highest BCUT2D eigenvalue weighted by Crippen LogP contribution is 2.23. The number of para-hydroxylation sites is 2. The lowest BCUT2D eigenvalue weighted by molar-refractivity contribution is -0.141. The van der Waals surface area contributed by atoms with Crippen LogP contribution in [0.3, 0.4) is 0 Å². The lowest BCUT2D eigenvalue weighted by atomic mass is 10.1. The predicted molar refractivity (Wildman–Crippen MR) is 84.6 cm³/mol. The van der Waals surface area contributed by atoms with Gasteiger partial charge < -0.3 is 15.3 Å². The molecule has 1 saturated heterocycles. The minimum atomic E-state index is -0.854. The monoisotopic (exact) mass is 314 g/mol. The molecule has 7 nitrogen and oxygen atoms in total. The number of carbonyl (C=O) groups excluding carboxylic acids is 1. The van der Waals surface area contributed by atoms with Gasteiger partial charge in [0, 0.05) is 25.0 Å². The predicted octanol–water partition coefficient (Wildman–Crippen LogP) is 2.12. The quantitative estimate of drug-likeness (QED) is 0.908. The number of aryl methyl sites for hydroxylation is 1. The largest absolute Gasteiger partial charge is 0.481 e. The fourth-order valence-corrected chi connectivity index (χ4v) is 2.73. The Hall–Kier alpha value is -2.83. The van der Waals surface area contributed by atoms with Gasteiger partial charge in [-0.15, -0.1) is 0 Å². The molecule has 0 radical (unpaired) electrons. The Bertz CT molecular complexity index is 740. The molecule has 1 unspecified atom stereocenters. The van der Waals surface area contributed by atoms with Crippen LogP contribution in [0.25, 0.3) is 5.69 Å². The number of carboxylic acids is 1. The number of aliphatic carboxylic acids is 1. The number of nitrogens with zero attached hydrogens (tertiary/aromatic N) is 3. The number of carboxylic acid groups (broad SMARTS) is 1. The Balaban J connectivity index is 1.78. The van der Waals surface area contributed by atoms with Crippen molar-refractivity contribution < 1.29 is 14.7 Å². The highest BCUT2D eigenvalue weighted by Gasteiger charge is 2.31. The van der Waals surface area contributed by atoms with Crippen molar-refractivity contribution in [2.24, 2.45) is 5.92 Å². The molecule has 23 heavy (non-hydrogen) atoms. The fraction of sp³-hybridized carbons (Fsp3) is 0.312. The van der Waals surface area contributed by atoms with Gasteiger partial charge in [0.05, 0.1) is 17.3 Å². The zero-order valence-corrected chi connectivity index (χ0v) is 12.8. The third kappa shape index (κ3) is 3.03. The molecule has 3 rings (SSSR count). The van der Waals surface area contributed by atoms with Crippen LogP contribution in [0.15, 0.2) is 36.5 Å². The number of amides is 2. The van der Waals surface area contributed by atoms with Crippen molar-refractivity contribution in [3.05, 3.63) is 42.2 Å². The van der Waals surface area contributed by atoms with Crippen LogP contribution in [0, 0.1) is 12.8 Å². The molecule has 1 aromatic carbocycles. The summed E-state index contributed by atoms with van der Waals surface area (Å²) in [5.74, 6) is -1.34. The maximum atomic E-state index is 12.4. The van der Waals surface area contributed by atoms with Gasteiger partial charge in [-0.25, -0.2) is 9.48 Å². The lowest BCUT2D eigenvalue weighted by Gasteiger charge is -2.18. The van der Waals surface area contributed by atoms with E-state index in [4.69, 9.17) is 5.11 Å². The molecule has 0 bridgehead atoms. The standard InChI is InChI=1S/C16H18N4O3/c1-11-6-8-17-20(11)14-5-3-2-4-13(14)18-16(23)19-9-7-12(10-19)15(21)22/h2-6,8,12H,7,9-10H2,1H3,(H,18,23)(H,21,22). The number of hydrogen-bond donors (Lipinski definition) is 2. The molecule has 1 atom stereocenters. The minimum absolute atomic E-state index is 0.240. The molecule has 2 heterocycles. The third-order valence-electron chi connectivity index (χ3n) is 4.03. The molecule has 2 aromatic rings. The van der Waals surface area contributed by atoms with Crippen LogP contribution in [0.1, 0.15) is 12.1 Å². The summed E-state index contributed by atoms with van der Waals surface area (Å²) < 4.78 is 1.75. The van der Waals surface area contributed by atoms with E-state index < -0.39 is 11.9 Å². The van der Waals surface area contributed by atoms with Gasteiger partial charge in [0.15, 0.2) is 0 Å². The van der Waals surface area contributed by atoms with E-state index in [2.05, 4.69) is 10.4 Å².